The molecule has 0 unspecified atom stereocenters. The molecular formula is C12H12BrNO2. The minimum Gasteiger partial charge on any atom is -0.383 e. The molecule has 1 heterocycles. The summed E-state index contributed by atoms with van der Waals surface area (Å²) in [7, 11) is 1.63. The summed E-state index contributed by atoms with van der Waals surface area (Å²) < 4.78 is 7.61. The quantitative estimate of drug-likeness (QED) is 0.865. The van der Waals surface area contributed by atoms with Gasteiger partial charge in [0.15, 0.2) is 0 Å². The van der Waals surface area contributed by atoms with Crippen molar-refractivity contribution in [2.45, 2.75) is 6.54 Å². The molecule has 0 aliphatic heterocycles. The zero-order valence-electron chi connectivity index (χ0n) is 8.94. The van der Waals surface area contributed by atoms with Gasteiger partial charge in [-0.1, -0.05) is 15.9 Å². The van der Waals surface area contributed by atoms with Gasteiger partial charge in [0.1, 0.15) is 0 Å². The number of aromatic nitrogens is 1. The van der Waals surface area contributed by atoms with Crippen LogP contribution in [0.3, 0.4) is 0 Å². The summed E-state index contributed by atoms with van der Waals surface area (Å²) in [5, 5.41) is 1.69. The molecule has 84 valence electrons. The normalized spacial score (nSPS) is 10.9. The van der Waals surface area contributed by atoms with Crippen molar-refractivity contribution in [1.82, 2.24) is 4.57 Å². The van der Waals surface area contributed by atoms with Crippen LogP contribution in [0, 0.1) is 0 Å². The highest BCUT2D eigenvalue weighted by atomic mass is 79.9. The molecule has 0 atom stereocenters. The molecular weight excluding hydrogens is 270 g/mol. The van der Waals surface area contributed by atoms with Gasteiger partial charge in [0.05, 0.1) is 6.61 Å². The van der Waals surface area contributed by atoms with E-state index < -0.39 is 0 Å². The molecule has 4 heteroatoms. The molecule has 3 nitrogen and oxygen atoms in total. The van der Waals surface area contributed by atoms with Crippen molar-refractivity contribution in [3.63, 3.8) is 0 Å². The summed E-state index contributed by atoms with van der Waals surface area (Å²) in [5.74, 6) is 0. The molecule has 0 aliphatic rings. The molecule has 1 aromatic heterocycles. The van der Waals surface area contributed by atoms with Gasteiger partial charge in [-0.25, -0.2) is 0 Å². The number of fused-ring (bicyclic) bond motifs is 1. The zero-order chi connectivity index (χ0) is 11.5. The van der Waals surface area contributed by atoms with Gasteiger partial charge >= 0.3 is 0 Å². The van der Waals surface area contributed by atoms with Crippen LogP contribution in [0.25, 0.3) is 10.8 Å². The smallest absolute Gasteiger partial charge is 0.258 e. The lowest BCUT2D eigenvalue weighted by molar-refractivity contribution is 0.186. The maximum Gasteiger partial charge on any atom is 0.258 e. The third kappa shape index (κ3) is 2.18. The first-order valence-electron chi connectivity index (χ1n) is 5.00. The minimum absolute atomic E-state index is 0.0297. The van der Waals surface area contributed by atoms with E-state index in [-0.39, 0.29) is 5.56 Å². The van der Waals surface area contributed by atoms with Gasteiger partial charge in [-0.15, -0.1) is 0 Å². The first kappa shape index (κ1) is 11.4. The average molecular weight is 282 g/mol. The number of benzene rings is 1. The van der Waals surface area contributed by atoms with Crippen molar-refractivity contribution in [2.75, 3.05) is 13.7 Å². The van der Waals surface area contributed by atoms with Crippen LogP contribution < -0.4 is 5.56 Å². The van der Waals surface area contributed by atoms with E-state index in [0.29, 0.717) is 13.2 Å². The van der Waals surface area contributed by atoms with Crippen LogP contribution in [0.5, 0.6) is 0 Å². The molecule has 0 bridgehead atoms. The van der Waals surface area contributed by atoms with Crippen LogP contribution in [0.1, 0.15) is 0 Å². The number of halogens is 1. The van der Waals surface area contributed by atoms with Gasteiger partial charge in [-0.05, 0) is 29.7 Å². The molecule has 16 heavy (non-hydrogen) atoms. The summed E-state index contributed by atoms with van der Waals surface area (Å²) in [5.41, 5.74) is 0.0297. The number of hydrogen-bond donors (Lipinski definition) is 0. The monoisotopic (exact) mass is 281 g/mol. The lowest BCUT2D eigenvalue weighted by Crippen LogP contribution is -2.21. The maximum absolute atomic E-state index is 12.0. The lowest BCUT2D eigenvalue weighted by Gasteiger charge is -2.06. The summed E-state index contributed by atoms with van der Waals surface area (Å²) >= 11 is 3.39. The number of rotatable bonds is 3. The van der Waals surface area contributed by atoms with Crippen molar-refractivity contribution < 1.29 is 4.74 Å². The molecule has 0 N–H and O–H groups in total. The van der Waals surface area contributed by atoms with E-state index in [9.17, 15) is 4.79 Å². The molecule has 1 aromatic carbocycles. The molecule has 0 saturated heterocycles. The second-order valence-corrected chi connectivity index (χ2v) is 4.45. The van der Waals surface area contributed by atoms with Crippen molar-refractivity contribution >= 4 is 26.7 Å². The highest BCUT2D eigenvalue weighted by Gasteiger charge is 2.02. The van der Waals surface area contributed by atoms with Crippen molar-refractivity contribution in [3.8, 4) is 0 Å². The highest BCUT2D eigenvalue weighted by molar-refractivity contribution is 9.10. The van der Waals surface area contributed by atoms with E-state index in [0.717, 1.165) is 15.2 Å². The predicted octanol–water partition coefficient (Wildman–Crippen LogP) is 2.41. The van der Waals surface area contributed by atoms with Crippen LogP contribution in [0.4, 0.5) is 0 Å². The van der Waals surface area contributed by atoms with Gasteiger partial charge in [0.2, 0.25) is 0 Å². The Kier molecular flexibility index (Phi) is 3.41. The van der Waals surface area contributed by atoms with Gasteiger partial charge in [0.25, 0.3) is 5.56 Å². The summed E-state index contributed by atoms with van der Waals surface area (Å²) in [6.07, 6.45) is 1.80. The number of ether oxygens (including phenoxy) is 1. The van der Waals surface area contributed by atoms with Crippen LogP contribution in [-0.2, 0) is 11.3 Å². The van der Waals surface area contributed by atoms with Crippen LogP contribution >= 0.6 is 15.9 Å². The molecule has 2 rings (SSSR count). The largest absolute Gasteiger partial charge is 0.383 e. The Hall–Kier alpha value is -1.13. The van der Waals surface area contributed by atoms with Crippen molar-refractivity contribution in [2.24, 2.45) is 0 Å². The maximum atomic E-state index is 12.0. The third-order valence-corrected chi connectivity index (χ3v) is 2.97. The van der Waals surface area contributed by atoms with Gasteiger partial charge in [-0.2, -0.15) is 0 Å². The fraction of sp³-hybridized carbons (Fsp3) is 0.250. The second kappa shape index (κ2) is 4.80. The van der Waals surface area contributed by atoms with E-state index in [1.54, 1.807) is 17.9 Å². The van der Waals surface area contributed by atoms with Crippen LogP contribution in [-0.4, -0.2) is 18.3 Å². The van der Waals surface area contributed by atoms with Crippen molar-refractivity contribution in [1.29, 1.82) is 0 Å². The van der Waals surface area contributed by atoms with Gasteiger partial charge < -0.3 is 9.30 Å². The first-order chi connectivity index (χ1) is 7.72. The SMILES string of the molecule is COCCn1ccc2cc(Br)ccc2c1=O. The van der Waals surface area contributed by atoms with E-state index in [4.69, 9.17) is 4.74 Å². The van der Waals surface area contributed by atoms with Crippen molar-refractivity contribution in [3.05, 3.63) is 45.3 Å². The molecule has 0 fully saturated rings. The molecule has 0 aliphatic carbocycles. The van der Waals surface area contributed by atoms with E-state index >= 15 is 0 Å². The van der Waals surface area contributed by atoms with Gasteiger partial charge in [-0.3, -0.25) is 4.79 Å². The zero-order valence-corrected chi connectivity index (χ0v) is 10.5. The fourth-order valence-electron chi connectivity index (χ4n) is 1.62. The number of hydrogen-bond acceptors (Lipinski definition) is 2. The molecule has 0 saturated carbocycles. The van der Waals surface area contributed by atoms with Crippen LogP contribution in [0.2, 0.25) is 0 Å². The Morgan fingerprint density at radius 2 is 2.19 bits per heavy atom. The Morgan fingerprint density at radius 1 is 1.38 bits per heavy atom. The summed E-state index contributed by atoms with van der Waals surface area (Å²) in [6.45, 7) is 1.13. The Balaban J connectivity index is 2.53. The Morgan fingerprint density at radius 3 is 2.94 bits per heavy atom. The topological polar surface area (TPSA) is 31.2 Å². The first-order valence-corrected chi connectivity index (χ1v) is 5.79. The lowest BCUT2D eigenvalue weighted by atomic mass is 10.2. The Bertz CT molecular complexity index is 562. The second-order valence-electron chi connectivity index (χ2n) is 3.54. The number of nitrogens with zero attached hydrogens (tertiary/aromatic N) is 1. The number of methoxy groups -OCH3 is 1. The molecule has 0 spiro atoms. The standard InChI is InChI=1S/C12H12BrNO2/c1-16-7-6-14-5-4-9-8-10(13)2-3-11(9)12(14)15/h2-5,8H,6-7H2,1H3. The average Bonchev–Trinajstić information content (AvgIpc) is 2.28. The summed E-state index contributed by atoms with van der Waals surface area (Å²) in [4.78, 5) is 12.0. The van der Waals surface area contributed by atoms with E-state index in [1.165, 1.54) is 0 Å². The third-order valence-electron chi connectivity index (χ3n) is 2.48. The fourth-order valence-corrected chi connectivity index (χ4v) is 2.00. The predicted molar refractivity (Wildman–Crippen MR) is 67.8 cm³/mol. The highest BCUT2D eigenvalue weighted by Crippen LogP contribution is 2.16. The number of pyridine rings is 1. The van der Waals surface area contributed by atoms with E-state index in [1.807, 2.05) is 24.3 Å². The van der Waals surface area contributed by atoms with Gasteiger partial charge in [0, 0.05) is 29.7 Å². The summed E-state index contributed by atoms with van der Waals surface area (Å²) in [6, 6.07) is 7.60. The van der Waals surface area contributed by atoms with E-state index in [2.05, 4.69) is 15.9 Å². The molecule has 2 aromatic rings. The Labute approximate surface area is 102 Å². The molecule has 0 radical (unpaired) electrons. The molecule has 0 amide bonds. The van der Waals surface area contributed by atoms with Crippen LogP contribution in [0.15, 0.2) is 39.7 Å². The minimum atomic E-state index is 0.0297.